The molecular weight excluding hydrogens is 356 g/mol. The van der Waals surface area contributed by atoms with E-state index < -0.39 is 0 Å². The van der Waals surface area contributed by atoms with Gasteiger partial charge in [-0.1, -0.05) is 17.7 Å². The van der Waals surface area contributed by atoms with Crippen LogP contribution < -0.4 is 5.32 Å². The average molecular weight is 379 g/mol. The van der Waals surface area contributed by atoms with Crippen LogP contribution in [0.5, 0.6) is 0 Å². The standard InChI is InChI=1S/C19H23ClN2O2S/c1-14-10-15(20)6-7-18(14)21-19(23)13-22(11-16-4-2-8-24-16)12-17-5-3-9-25-17/h3,5-7,9-10,16H,2,4,8,11-13H2,1H3,(H,21,23)/t16-/m1/s1. The molecule has 134 valence electrons. The van der Waals surface area contributed by atoms with Crippen molar-refractivity contribution in [3.63, 3.8) is 0 Å². The number of hydrogen-bond acceptors (Lipinski definition) is 4. The SMILES string of the molecule is Cc1cc(Cl)ccc1NC(=O)CN(Cc1cccs1)C[C@H]1CCCO1. The molecule has 2 aromatic rings. The second-order valence-electron chi connectivity index (χ2n) is 6.39. The maximum absolute atomic E-state index is 12.5. The van der Waals surface area contributed by atoms with Crippen LogP contribution in [0.25, 0.3) is 0 Å². The summed E-state index contributed by atoms with van der Waals surface area (Å²) >= 11 is 7.69. The van der Waals surface area contributed by atoms with Crippen LogP contribution in [0.1, 0.15) is 23.3 Å². The van der Waals surface area contributed by atoms with E-state index in [4.69, 9.17) is 16.3 Å². The first-order chi connectivity index (χ1) is 12.1. The van der Waals surface area contributed by atoms with Crippen molar-refractivity contribution in [2.45, 2.75) is 32.4 Å². The van der Waals surface area contributed by atoms with E-state index in [-0.39, 0.29) is 12.0 Å². The van der Waals surface area contributed by atoms with E-state index in [9.17, 15) is 4.79 Å². The van der Waals surface area contributed by atoms with Gasteiger partial charge < -0.3 is 10.1 Å². The summed E-state index contributed by atoms with van der Waals surface area (Å²) in [7, 11) is 0. The summed E-state index contributed by atoms with van der Waals surface area (Å²) in [4.78, 5) is 16.0. The number of anilines is 1. The van der Waals surface area contributed by atoms with Crippen LogP contribution in [0.3, 0.4) is 0 Å². The largest absolute Gasteiger partial charge is 0.377 e. The Morgan fingerprint density at radius 2 is 2.32 bits per heavy atom. The van der Waals surface area contributed by atoms with Crippen molar-refractivity contribution in [2.75, 3.05) is 25.0 Å². The maximum atomic E-state index is 12.5. The highest BCUT2D eigenvalue weighted by Crippen LogP contribution is 2.20. The summed E-state index contributed by atoms with van der Waals surface area (Å²) in [5, 5.41) is 5.74. The number of thiophene rings is 1. The van der Waals surface area contributed by atoms with Crippen LogP contribution in [0, 0.1) is 6.92 Å². The molecule has 1 aromatic heterocycles. The summed E-state index contributed by atoms with van der Waals surface area (Å²) in [6, 6.07) is 9.64. The second kappa shape index (κ2) is 8.81. The molecule has 1 aliphatic heterocycles. The molecule has 25 heavy (non-hydrogen) atoms. The Balaban J connectivity index is 1.62. The van der Waals surface area contributed by atoms with Crippen LogP contribution in [0.4, 0.5) is 5.69 Å². The summed E-state index contributed by atoms with van der Waals surface area (Å²) in [6.07, 6.45) is 2.40. The highest BCUT2D eigenvalue weighted by molar-refractivity contribution is 7.09. The number of rotatable bonds is 7. The smallest absolute Gasteiger partial charge is 0.238 e. The van der Waals surface area contributed by atoms with Crippen molar-refractivity contribution >= 4 is 34.5 Å². The van der Waals surface area contributed by atoms with E-state index >= 15 is 0 Å². The molecule has 1 saturated heterocycles. The van der Waals surface area contributed by atoms with Crippen LogP contribution >= 0.6 is 22.9 Å². The Labute approximate surface area is 157 Å². The number of ether oxygens (including phenoxy) is 1. The Morgan fingerprint density at radius 3 is 3.00 bits per heavy atom. The van der Waals surface area contributed by atoms with Crippen molar-refractivity contribution in [3.05, 3.63) is 51.2 Å². The number of nitrogens with zero attached hydrogens (tertiary/aromatic N) is 1. The summed E-state index contributed by atoms with van der Waals surface area (Å²) in [6.45, 7) is 4.67. The molecule has 6 heteroatoms. The molecule has 0 unspecified atom stereocenters. The van der Waals surface area contributed by atoms with Gasteiger partial charge in [-0.2, -0.15) is 0 Å². The van der Waals surface area contributed by atoms with Gasteiger partial charge >= 0.3 is 0 Å². The summed E-state index contributed by atoms with van der Waals surface area (Å²) in [5.41, 5.74) is 1.77. The van der Waals surface area contributed by atoms with Gasteiger partial charge in [0.1, 0.15) is 0 Å². The highest BCUT2D eigenvalue weighted by Gasteiger charge is 2.21. The zero-order chi connectivity index (χ0) is 17.6. The first-order valence-electron chi connectivity index (χ1n) is 8.52. The molecule has 0 spiro atoms. The van der Waals surface area contributed by atoms with Gasteiger partial charge in [0.25, 0.3) is 0 Å². The molecule has 1 atom stereocenters. The van der Waals surface area contributed by atoms with Gasteiger partial charge in [0, 0.05) is 35.3 Å². The fourth-order valence-corrected chi connectivity index (χ4v) is 4.02. The van der Waals surface area contributed by atoms with Crippen molar-refractivity contribution in [1.82, 2.24) is 4.90 Å². The third kappa shape index (κ3) is 5.54. The van der Waals surface area contributed by atoms with Gasteiger partial charge in [-0.05, 0) is 55.0 Å². The predicted molar refractivity (Wildman–Crippen MR) is 103 cm³/mol. The number of carbonyl (C=O) groups excluding carboxylic acids is 1. The number of benzene rings is 1. The zero-order valence-electron chi connectivity index (χ0n) is 14.3. The molecule has 1 N–H and O–H groups in total. The molecule has 3 rings (SSSR count). The topological polar surface area (TPSA) is 41.6 Å². The average Bonchev–Trinajstić information content (AvgIpc) is 3.24. The molecule has 2 heterocycles. The number of carbonyl (C=O) groups is 1. The summed E-state index contributed by atoms with van der Waals surface area (Å²) in [5.74, 6) is -0.0139. The van der Waals surface area contributed by atoms with Crippen molar-refractivity contribution in [1.29, 1.82) is 0 Å². The monoisotopic (exact) mass is 378 g/mol. The molecule has 0 saturated carbocycles. The fourth-order valence-electron chi connectivity index (χ4n) is 3.04. The lowest BCUT2D eigenvalue weighted by Crippen LogP contribution is -2.37. The lowest BCUT2D eigenvalue weighted by Gasteiger charge is -2.24. The third-order valence-electron chi connectivity index (χ3n) is 4.28. The normalized spacial score (nSPS) is 17.2. The highest BCUT2D eigenvalue weighted by atomic mass is 35.5. The molecule has 1 aromatic carbocycles. The molecule has 1 fully saturated rings. The minimum atomic E-state index is -0.0139. The van der Waals surface area contributed by atoms with Gasteiger partial charge in [-0.25, -0.2) is 0 Å². The molecule has 0 aliphatic carbocycles. The molecule has 1 aliphatic rings. The van der Waals surface area contributed by atoms with Crippen molar-refractivity contribution in [3.8, 4) is 0 Å². The lowest BCUT2D eigenvalue weighted by molar-refractivity contribution is -0.117. The van der Waals surface area contributed by atoms with Crippen molar-refractivity contribution in [2.24, 2.45) is 0 Å². The Hall–Kier alpha value is -1.40. The fraction of sp³-hybridized carbons (Fsp3) is 0.421. The molecule has 0 radical (unpaired) electrons. The van der Waals surface area contributed by atoms with Crippen LogP contribution in [0.2, 0.25) is 5.02 Å². The van der Waals surface area contributed by atoms with E-state index in [2.05, 4.69) is 21.7 Å². The van der Waals surface area contributed by atoms with Crippen molar-refractivity contribution < 1.29 is 9.53 Å². The second-order valence-corrected chi connectivity index (χ2v) is 7.86. The van der Waals surface area contributed by atoms with E-state index in [0.29, 0.717) is 11.6 Å². The van der Waals surface area contributed by atoms with Gasteiger partial charge in [0.05, 0.1) is 12.6 Å². The first kappa shape index (κ1) is 18.4. The maximum Gasteiger partial charge on any atom is 0.238 e. The van der Waals surface area contributed by atoms with Crippen LogP contribution in [-0.4, -0.2) is 36.6 Å². The molecule has 1 amide bonds. The van der Waals surface area contributed by atoms with E-state index in [0.717, 1.165) is 43.8 Å². The van der Waals surface area contributed by atoms with E-state index in [1.807, 2.05) is 25.1 Å². The van der Waals surface area contributed by atoms with Gasteiger partial charge in [-0.3, -0.25) is 9.69 Å². The Morgan fingerprint density at radius 1 is 1.44 bits per heavy atom. The predicted octanol–water partition coefficient (Wildman–Crippen LogP) is 4.33. The quantitative estimate of drug-likeness (QED) is 0.779. The van der Waals surface area contributed by atoms with E-state index in [1.54, 1.807) is 17.4 Å². The van der Waals surface area contributed by atoms with Crippen LogP contribution in [-0.2, 0) is 16.1 Å². The molecule has 0 bridgehead atoms. The summed E-state index contributed by atoms with van der Waals surface area (Å²) < 4.78 is 5.75. The minimum absolute atomic E-state index is 0.0139. The Bertz CT molecular complexity index is 699. The van der Waals surface area contributed by atoms with Crippen LogP contribution in [0.15, 0.2) is 35.7 Å². The number of halogens is 1. The molecular formula is C19H23ClN2O2S. The van der Waals surface area contributed by atoms with Gasteiger partial charge in [-0.15, -0.1) is 11.3 Å². The number of aryl methyl sites for hydroxylation is 1. The number of amides is 1. The number of hydrogen-bond donors (Lipinski definition) is 1. The third-order valence-corrected chi connectivity index (χ3v) is 5.37. The lowest BCUT2D eigenvalue weighted by atomic mass is 10.2. The number of nitrogens with one attached hydrogen (secondary N) is 1. The van der Waals surface area contributed by atoms with Gasteiger partial charge in [0.2, 0.25) is 5.91 Å². The first-order valence-corrected chi connectivity index (χ1v) is 9.78. The van der Waals surface area contributed by atoms with E-state index in [1.165, 1.54) is 4.88 Å². The zero-order valence-corrected chi connectivity index (χ0v) is 15.9. The minimum Gasteiger partial charge on any atom is -0.377 e. The van der Waals surface area contributed by atoms with Gasteiger partial charge in [0.15, 0.2) is 0 Å². The molecule has 4 nitrogen and oxygen atoms in total. The Kier molecular flexibility index (Phi) is 6.48.